The predicted octanol–water partition coefficient (Wildman–Crippen LogP) is -0.657. The molecule has 1 aliphatic carbocycles. The van der Waals surface area contributed by atoms with E-state index in [4.69, 9.17) is 10.8 Å². The minimum atomic E-state index is -0.812. The lowest BCUT2D eigenvalue weighted by molar-refractivity contribution is -0.140. The van der Waals surface area contributed by atoms with Crippen LogP contribution in [0, 0.1) is 5.92 Å². The predicted molar refractivity (Wildman–Crippen MR) is 66.0 cm³/mol. The largest absolute Gasteiger partial charge is 0.480 e. The normalized spacial score (nSPS) is 29.5. The van der Waals surface area contributed by atoms with E-state index >= 15 is 0 Å². The first kappa shape index (κ1) is 13.3. The van der Waals surface area contributed by atoms with Crippen molar-refractivity contribution >= 4 is 11.9 Å². The van der Waals surface area contributed by atoms with Gasteiger partial charge in [0, 0.05) is 32.2 Å². The van der Waals surface area contributed by atoms with Crippen LogP contribution in [0.25, 0.3) is 0 Å². The third kappa shape index (κ3) is 3.00. The fourth-order valence-corrected chi connectivity index (χ4v) is 2.85. The molecular formula is C12H21N3O3. The van der Waals surface area contributed by atoms with E-state index in [9.17, 15) is 9.59 Å². The van der Waals surface area contributed by atoms with E-state index in [0.29, 0.717) is 26.2 Å². The number of aliphatic carboxylic acids is 1. The molecule has 18 heavy (non-hydrogen) atoms. The Morgan fingerprint density at radius 3 is 2.33 bits per heavy atom. The van der Waals surface area contributed by atoms with Crippen LogP contribution in [0.15, 0.2) is 0 Å². The number of rotatable bonds is 3. The number of nitrogens with two attached hydrogens (primary N) is 1. The second-order valence-corrected chi connectivity index (χ2v) is 5.20. The van der Waals surface area contributed by atoms with E-state index in [2.05, 4.69) is 0 Å². The number of piperazine rings is 1. The first-order valence-corrected chi connectivity index (χ1v) is 6.56. The van der Waals surface area contributed by atoms with Crippen LogP contribution in [0.4, 0.5) is 0 Å². The molecule has 102 valence electrons. The van der Waals surface area contributed by atoms with E-state index in [1.165, 1.54) is 0 Å². The number of carboxylic acid groups (broad SMARTS) is 1. The van der Waals surface area contributed by atoms with Gasteiger partial charge in [0.2, 0.25) is 5.91 Å². The van der Waals surface area contributed by atoms with Gasteiger partial charge in [0.15, 0.2) is 0 Å². The maximum Gasteiger partial charge on any atom is 0.317 e. The molecule has 6 heteroatoms. The summed E-state index contributed by atoms with van der Waals surface area (Å²) in [6, 6.07) is 0.00884. The van der Waals surface area contributed by atoms with Crippen molar-refractivity contribution in [3.63, 3.8) is 0 Å². The maximum atomic E-state index is 12.3. The van der Waals surface area contributed by atoms with Crippen LogP contribution in [0.2, 0.25) is 0 Å². The van der Waals surface area contributed by atoms with Gasteiger partial charge in [0.25, 0.3) is 0 Å². The Hall–Kier alpha value is -1.14. The van der Waals surface area contributed by atoms with Crippen LogP contribution in [0.3, 0.4) is 0 Å². The van der Waals surface area contributed by atoms with Crippen LogP contribution in [0.1, 0.15) is 19.3 Å². The Balaban J connectivity index is 1.82. The molecule has 0 aromatic rings. The quantitative estimate of drug-likeness (QED) is 0.699. The third-order valence-electron chi connectivity index (χ3n) is 3.93. The molecule has 0 spiro atoms. The molecular weight excluding hydrogens is 234 g/mol. The van der Waals surface area contributed by atoms with Gasteiger partial charge < -0.3 is 15.7 Å². The zero-order chi connectivity index (χ0) is 13.1. The minimum absolute atomic E-state index is 0.00884. The number of hydrogen-bond donors (Lipinski definition) is 2. The topological polar surface area (TPSA) is 86.9 Å². The summed E-state index contributed by atoms with van der Waals surface area (Å²) in [5.41, 5.74) is 5.94. The van der Waals surface area contributed by atoms with Gasteiger partial charge >= 0.3 is 5.97 Å². The smallest absolute Gasteiger partial charge is 0.317 e. The molecule has 1 saturated heterocycles. The molecule has 0 radical (unpaired) electrons. The molecule has 0 aromatic carbocycles. The van der Waals surface area contributed by atoms with Gasteiger partial charge in [-0.05, 0) is 12.8 Å². The maximum absolute atomic E-state index is 12.3. The average Bonchev–Trinajstić information content (AvgIpc) is 2.75. The third-order valence-corrected chi connectivity index (χ3v) is 3.93. The van der Waals surface area contributed by atoms with Crippen molar-refractivity contribution in [1.82, 2.24) is 9.80 Å². The standard InChI is InChI=1S/C12H21N3O3/c13-10-3-1-2-9(10)12(18)15-6-4-14(5-7-15)8-11(16)17/h9-10H,1-8,13H2,(H,16,17). The summed E-state index contributed by atoms with van der Waals surface area (Å²) in [6.07, 6.45) is 2.88. The molecule has 1 aliphatic heterocycles. The highest BCUT2D eigenvalue weighted by Gasteiger charge is 2.34. The molecule has 6 nitrogen and oxygen atoms in total. The van der Waals surface area contributed by atoms with Crippen molar-refractivity contribution in [3.8, 4) is 0 Å². The number of carboxylic acids is 1. The summed E-state index contributed by atoms with van der Waals surface area (Å²) in [4.78, 5) is 26.6. The van der Waals surface area contributed by atoms with Crippen LogP contribution in [-0.2, 0) is 9.59 Å². The summed E-state index contributed by atoms with van der Waals surface area (Å²) in [5.74, 6) is -0.668. The SMILES string of the molecule is NC1CCCC1C(=O)N1CCN(CC(=O)O)CC1. The highest BCUT2D eigenvalue weighted by molar-refractivity contribution is 5.80. The number of amides is 1. The van der Waals surface area contributed by atoms with Crippen molar-refractivity contribution in [2.24, 2.45) is 11.7 Å². The molecule has 0 aromatic heterocycles. The van der Waals surface area contributed by atoms with Crippen molar-refractivity contribution in [3.05, 3.63) is 0 Å². The van der Waals surface area contributed by atoms with Crippen LogP contribution < -0.4 is 5.73 Å². The molecule has 2 unspecified atom stereocenters. The fourth-order valence-electron chi connectivity index (χ4n) is 2.85. The van der Waals surface area contributed by atoms with Gasteiger partial charge in [-0.25, -0.2) is 0 Å². The molecule has 2 rings (SSSR count). The molecule has 1 amide bonds. The number of carbonyl (C=O) groups is 2. The highest BCUT2D eigenvalue weighted by Crippen LogP contribution is 2.26. The Morgan fingerprint density at radius 1 is 1.17 bits per heavy atom. The lowest BCUT2D eigenvalue weighted by Crippen LogP contribution is -2.52. The van der Waals surface area contributed by atoms with E-state index in [1.54, 1.807) is 0 Å². The number of hydrogen-bond acceptors (Lipinski definition) is 4. The van der Waals surface area contributed by atoms with Crippen molar-refractivity contribution < 1.29 is 14.7 Å². The first-order chi connectivity index (χ1) is 8.58. The zero-order valence-electron chi connectivity index (χ0n) is 10.5. The van der Waals surface area contributed by atoms with Crippen LogP contribution >= 0.6 is 0 Å². The molecule has 2 fully saturated rings. The molecule has 2 aliphatic rings. The minimum Gasteiger partial charge on any atom is -0.480 e. The lowest BCUT2D eigenvalue weighted by Gasteiger charge is -2.35. The van der Waals surface area contributed by atoms with Gasteiger partial charge in [-0.1, -0.05) is 6.42 Å². The molecule has 1 saturated carbocycles. The summed E-state index contributed by atoms with van der Waals surface area (Å²) >= 11 is 0. The summed E-state index contributed by atoms with van der Waals surface area (Å²) in [6.45, 7) is 2.58. The monoisotopic (exact) mass is 255 g/mol. The lowest BCUT2D eigenvalue weighted by atomic mass is 10.0. The second kappa shape index (κ2) is 5.67. The van der Waals surface area contributed by atoms with Crippen molar-refractivity contribution in [1.29, 1.82) is 0 Å². The van der Waals surface area contributed by atoms with Gasteiger partial charge in [-0.2, -0.15) is 0 Å². The number of carbonyl (C=O) groups excluding carboxylic acids is 1. The van der Waals surface area contributed by atoms with Crippen LogP contribution in [0.5, 0.6) is 0 Å². The summed E-state index contributed by atoms with van der Waals surface area (Å²) in [5, 5.41) is 8.71. The Bertz CT molecular complexity index is 327. The van der Waals surface area contributed by atoms with E-state index in [1.807, 2.05) is 9.80 Å². The fraction of sp³-hybridized carbons (Fsp3) is 0.833. The van der Waals surface area contributed by atoms with Gasteiger partial charge in [-0.15, -0.1) is 0 Å². The molecule has 0 bridgehead atoms. The van der Waals surface area contributed by atoms with E-state index in [-0.39, 0.29) is 24.4 Å². The van der Waals surface area contributed by atoms with E-state index in [0.717, 1.165) is 19.3 Å². The Labute approximate surface area is 107 Å². The Morgan fingerprint density at radius 2 is 1.83 bits per heavy atom. The second-order valence-electron chi connectivity index (χ2n) is 5.20. The van der Waals surface area contributed by atoms with E-state index < -0.39 is 5.97 Å². The Kier molecular flexibility index (Phi) is 4.19. The highest BCUT2D eigenvalue weighted by atomic mass is 16.4. The summed E-state index contributed by atoms with van der Waals surface area (Å²) in [7, 11) is 0. The van der Waals surface area contributed by atoms with Crippen molar-refractivity contribution in [2.75, 3.05) is 32.7 Å². The first-order valence-electron chi connectivity index (χ1n) is 6.56. The van der Waals surface area contributed by atoms with Crippen molar-refractivity contribution in [2.45, 2.75) is 25.3 Å². The average molecular weight is 255 g/mol. The summed E-state index contributed by atoms with van der Waals surface area (Å²) < 4.78 is 0. The molecule has 1 heterocycles. The zero-order valence-corrected chi connectivity index (χ0v) is 10.5. The molecule has 2 atom stereocenters. The van der Waals surface area contributed by atoms with Crippen LogP contribution in [-0.4, -0.2) is 65.5 Å². The van der Waals surface area contributed by atoms with Gasteiger partial charge in [-0.3, -0.25) is 14.5 Å². The molecule has 3 N–H and O–H groups in total. The van der Waals surface area contributed by atoms with Gasteiger partial charge in [0.1, 0.15) is 0 Å². The van der Waals surface area contributed by atoms with Gasteiger partial charge in [0.05, 0.1) is 12.5 Å². The number of nitrogens with zero attached hydrogens (tertiary/aromatic N) is 2.